The van der Waals surface area contributed by atoms with E-state index >= 15 is 0 Å². The topological polar surface area (TPSA) is 53.6 Å². The van der Waals surface area contributed by atoms with Crippen LogP contribution in [0.1, 0.15) is 0 Å². The Balaban J connectivity index is 1.76. The van der Waals surface area contributed by atoms with E-state index in [1.165, 1.54) is 0 Å². The van der Waals surface area contributed by atoms with E-state index in [9.17, 15) is 0 Å². The van der Waals surface area contributed by atoms with Crippen molar-refractivity contribution in [2.75, 3.05) is 13.7 Å². The van der Waals surface area contributed by atoms with Crippen molar-refractivity contribution in [2.24, 2.45) is 0 Å². The summed E-state index contributed by atoms with van der Waals surface area (Å²) < 4.78 is 15.6. The fourth-order valence-corrected chi connectivity index (χ4v) is 4.27. The molecule has 29 heavy (non-hydrogen) atoms. The Morgan fingerprint density at radius 1 is 1.07 bits per heavy atom. The normalized spacial score (nSPS) is 12.2. The molecule has 4 aromatic rings. The van der Waals surface area contributed by atoms with Crippen LogP contribution >= 0.6 is 11.6 Å². The van der Waals surface area contributed by atoms with Crippen molar-refractivity contribution in [1.29, 1.82) is 0 Å². The van der Waals surface area contributed by atoms with Gasteiger partial charge in [-0.1, -0.05) is 31.2 Å². The second-order valence-electron chi connectivity index (χ2n) is 8.29. The molecule has 0 radical (unpaired) electrons. The zero-order valence-electron chi connectivity index (χ0n) is 17.1. The third-order valence-electron chi connectivity index (χ3n) is 4.93. The largest absolute Gasteiger partial charge is 0.492 e. The van der Waals surface area contributed by atoms with Gasteiger partial charge in [-0.05, 0) is 24.2 Å². The maximum atomic E-state index is 6.19. The molecule has 0 fully saturated rings. The highest BCUT2D eigenvalue weighted by Gasteiger charge is 2.18. The Labute approximate surface area is 176 Å². The number of aromatic nitrogens is 4. The first-order valence-electron chi connectivity index (χ1n) is 9.60. The van der Waals surface area contributed by atoms with E-state index in [0.29, 0.717) is 11.9 Å². The van der Waals surface area contributed by atoms with Crippen LogP contribution in [-0.2, 0) is 11.5 Å². The molecule has 0 aliphatic heterocycles. The summed E-state index contributed by atoms with van der Waals surface area (Å²) in [5.74, 6) is 0.728. The maximum Gasteiger partial charge on any atom is 0.180 e. The highest BCUT2D eigenvalue weighted by atomic mass is 35.5. The molecule has 0 saturated carbocycles. The molecule has 0 aliphatic carbocycles. The van der Waals surface area contributed by atoms with Crippen molar-refractivity contribution in [2.45, 2.75) is 32.4 Å². The van der Waals surface area contributed by atoms with Gasteiger partial charge in [-0.3, -0.25) is 0 Å². The average Bonchev–Trinajstić information content (AvgIpc) is 3.28. The van der Waals surface area contributed by atoms with E-state index in [4.69, 9.17) is 21.1 Å². The number of hydrogen-bond donors (Lipinski definition) is 0. The van der Waals surface area contributed by atoms with Crippen molar-refractivity contribution in [3.05, 3.63) is 48.1 Å². The number of nitrogens with zero attached hydrogens (tertiary/aromatic N) is 4. The molecule has 0 atom stereocenters. The van der Waals surface area contributed by atoms with Crippen LogP contribution in [-0.4, -0.2) is 40.7 Å². The maximum absolute atomic E-state index is 6.19. The minimum absolute atomic E-state index is 0.433. The summed E-state index contributed by atoms with van der Waals surface area (Å²) in [6, 6.07) is 6.96. The third-order valence-corrected chi connectivity index (χ3v) is 6.84. The van der Waals surface area contributed by atoms with Crippen molar-refractivity contribution in [3.63, 3.8) is 0 Å². The van der Waals surface area contributed by atoms with Gasteiger partial charge in [0.05, 0.1) is 7.11 Å². The van der Waals surface area contributed by atoms with Gasteiger partial charge in [-0.25, -0.2) is 9.97 Å². The number of imidazole rings is 1. The van der Waals surface area contributed by atoms with Crippen molar-refractivity contribution >= 4 is 36.4 Å². The van der Waals surface area contributed by atoms with Gasteiger partial charge in [0, 0.05) is 56.0 Å². The zero-order valence-corrected chi connectivity index (χ0v) is 18.9. The smallest absolute Gasteiger partial charge is 0.180 e. The van der Waals surface area contributed by atoms with Crippen molar-refractivity contribution < 1.29 is 9.47 Å². The summed E-state index contributed by atoms with van der Waals surface area (Å²) in [6.45, 7) is 8.22. The van der Waals surface area contributed by atoms with Gasteiger partial charge in [0.25, 0.3) is 0 Å². The van der Waals surface area contributed by atoms with Gasteiger partial charge in [0.15, 0.2) is 11.4 Å². The fraction of sp³-hybridized carbons (Fsp3) is 0.333. The van der Waals surface area contributed by atoms with Gasteiger partial charge in [-0.15, -0.1) is 0 Å². The molecule has 8 heteroatoms. The predicted octanol–water partition coefficient (Wildman–Crippen LogP) is 5.33. The summed E-state index contributed by atoms with van der Waals surface area (Å²) >= 11 is 6.19. The summed E-state index contributed by atoms with van der Waals surface area (Å²) in [4.78, 5) is 8.99. The SMILES string of the molecule is COc1c(-c2cn(COCC[Si](C)(C)C)c3nc(Cl)ccc23)ccn2ccnc12. The quantitative estimate of drug-likeness (QED) is 0.227. The second kappa shape index (κ2) is 7.82. The second-order valence-corrected chi connectivity index (χ2v) is 14.3. The van der Waals surface area contributed by atoms with Crippen LogP contribution in [0.15, 0.2) is 43.0 Å². The molecule has 0 N–H and O–H groups in total. The third kappa shape index (κ3) is 4.03. The molecule has 0 saturated heterocycles. The number of rotatable bonds is 7. The molecule has 0 bridgehead atoms. The average molecular weight is 429 g/mol. The zero-order chi connectivity index (χ0) is 20.6. The number of pyridine rings is 2. The molecule has 0 aliphatic rings. The molecular formula is C21H25ClN4O2Si. The number of methoxy groups -OCH3 is 1. The summed E-state index contributed by atoms with van der Waals surface area (Å²) in [7, 11) is 0.534. The van der Waals surface area contributed by atoms with Crippen LogP contribution in [0.2, 0.25) is 30.8 Å². The summed E-state index contributed by atoms with van der Waals surface area (Å²) in [5, 5.41) is 1.46. The lowest BCUT2D eigenvalue weighted by atomic mass is 10.1. The van der Waals surface area contributed by atoms with Crippen molar-refractivity contribution in [1.82, 2.24) is 18.9 Å². The van der Waals surface area contributed by atoms with E-state index in [0.717, 1.165) is 46.2 Å². The van der Waals surface area contributed by atoms with E-state index in [1.807, 2.05) is 39.6 Å². The van der Waals surface area contributed by atoms with Crippen LogP contribution in [0, 0.1) is 0 Å². The van der Waals surface area contributed by atoms with Gasteiger partial charge >= 0.3 is 0 Å². The lowest BCUT2D eigenvalue weighted by Crippen LogP contribution is -2.22. The van der Waals surface area contributed by atoms with Crippen LogP contribution in [0.25, 0.3) is 27.8 Å². The molecular weight excluding hydrogens is 404 g/mol. The van der Waals surface area contributed by atoms with Gasteiger partial charge in [0.1, 0.15) is 17.5 Å². The van der Waals surface area contributed by atoms with Gasteiger partial charge in [-0.2, -0.15) is 0 Å². The van der Waals surface area contributed by atoms with Gasteiger partial charge < -0.3 is 18.4 Å². The van der Waals surface area contributed by atoms with Crippen LogP contribution in [0.3, 0.4) is 0 Å². The van der Waals surface area contributed by atoms with E-state index < -0.39 is 8.07 Å². The fourth-order valence-electron chi connectivity index (χ4n) is 3.37. The number of ether oxygens (including phenoxy) is 2. The molecule has 6 nitrogen and oxygen atoms in total. The Hall–Kier alpha value is -2.35. The number of hydrogen-bond acceptors (Lipinski definition) is 4. The Morgan fingerprint density at radius 3 is 2.66 bits per heavy atom. The van der Waals surface area contributed by atoms with E-state index in [-0.39, 0.29) is 0 Å². The molecule has 4 heterocycles. The molecule has 152 valence electrons. The first kappa shape index (κ1) is 19.9. The Bertz CT molecular complexity index is 1160. The molecule has 0 amide bonds. The monoisotopic (exact) mass is 428 g/mol. The van der Waals surface area contributed by atoms with E-state index in [1.54, 1.807) is 13.3 Å². The molecule has 4 aromatic heterocycles. The minimum atomic E-state index is -1.13. The number of halogens is 1. The molecule has 0 unspecified atom stereocenters. The summed E-state index contributed by atoms with van der Waals surface area (Å²) in [6.07, 6.45) is 7.70. The number of fused-ring (bicyclic) bond motifs is 2. The first-order chi connectivity index (χ1) is 13.9. The predicted molar refractivity (Wildman–Crippen MR) is 120 cm³/mol. The highest BCUT2D eigenvalue weighted by molar-refractivity contribution is 6.76. The van der Waals surface area contributed by atoms with Gasteiger partial charge in [0.2, 0.25) is 0 Å². The first-order valence-corrected chi connectivity index (χ1v) is 13.7. The van der Waals surface area contributed by atoms with Crippen LogP contribution < -0.4 is 4.74 Å². The Kier molecular flexibility index (Phi) is 5.37. The van der Waals surface area contributed by atoms with Crippen molar-refractivity contribution in [3.8, 4) is 16.9 Å². The standard InChI is InChI=1S/C21H25ClN4O2Si/c1-27-19-15(7-9-25-10-8-23-21(19)25)17-13-26(14-28-11-12-29(2,3)4)20-16(17)5-6-18(22)24-20/h5-10,13H,11-12,14H2,1-4H3. The van der Waals surface area contributed by atoms with E-state index in [2.05, 4.69) is 35.8 Å². The lowest BCUT2D eigenvalue weighted by molar-refractivity contribution is 0.0899. The molecule has 0 spiro atoms. The van der Waals surface area contributed by atoms with Crippen LogP contribution in [0.4, 0.5) is 0 Å². The summed E-state index contributed by atoms with van der Waals surface area (Å²) in [5.41, 5.74) is 3.55. The molecule has 0 aromatic carbocycles. The Morgan fingerprint density at radius 2 is 1.90 bits per heavy atom. The molecule has 4 rings (SSSR count). The highest BCUT2D eigenvalue weighted by Crippen LogP contribution is 2.38. The lowest BCUT2D eigenvalue weighted by Gasteiger charge is -2.15. The van der Waals surface area contributed by atoms with Crippen LogP contribution in [0.5, 0.6) is 5.75 Å². The minimum Gasteiger partial charge on any atom is -0.492 e.